The molecule has 110 valence electrons. The van der Waals surface area contributed by atoms with Gasteiger partial charge in [0, 0.05) is 0 Å². The fraction of sp³-hybridized carbons (Fsp3) is 0.429. The molecule has 1 rings (SSSR count). The van der Waals surface area contributed by atoms with Crippen LogP contribution in [0.25, 0.3) is 0 Å². The van der Waals surface area contributed by atoms with Gasteiger partial charge in [0.1, 0.15) is 17.6 Å². The van der Waals surface area contributed by atoms with Crippen molar-refractivity contribution in [3.63, 3.8) is 0 Å². The summed E-state index contributed by atoms with van der Waals surface area (Å²) in [7, 11) is 0. The van der Waals surface area contributed by atoms with Crippen LogP contribution in [0.3, 0.4) is 0 Å². The number of ether oxygens (including phenoxy) is 1. The van der Waals surface area contributed by atoms with Crippen molar-refractivity contribution in [2.24, 2.45) is 5.92 Å². The maximum Gasteiger partial charge on any atom is 0.326 e. The standard InChI is InChI=1S/C14H18FNO4/c1-9(2)13(14(18)19)16-12(17)7-8-20-11-5-3-10(15)4-6-11/h3-6,9,13H,7-8H2,1-2H3,(H,16,17)(H,18,19). The minimum atomic E-state index is -1.06. The summed E-state index contributed by atoms with van der Waals surface area (Å²) in [5, 5.41) is 11.4. The Labute approximate surface area is 116 Å². The number of hydrogen-bond acceptors (Lipinski definition) is 3. The summed E-state index contributed by atoms with van der Waals surface area (Å²) in [6.07, 6.45) is 0.0356. The quantitative estimate of drug-likeness (QED) is 0.800. The van der Waals surface area contributed by atoms with Crippen LogP contribution in [0, 0.1) is 11.7 Å². The van der Waals surface area contributed by atoms with E-state index in [1.54, 1.807) is 13.8 Å². The van der Waals surface area contributed by atoms with Gasteiger partial charge in [-0.3, -0.25) is 4.79 Å². The highest BCUT2D eigenvalue weighted by atomic mass is 19.1. The van der Waals surface area contributed by atoms with E-state index in [-0.39, 0.29) is 24.8 Å². The van der Waals surface area contributed by atoms with Crippen LogP contribution in [0.15, 0.2) is 24.3 Å². The third-order valence-corrected chi connectivity index (χ3v) is 2.66. The first-order valence-electron chi connectivity index (χ1n) is 6.30. The molecule has 2 N–H and O–H groups in total. The lowest BCUT2D eigenvalue weighted by Crippen LogP contribution is -2.44. The highest BCUT2D eigenvalue weighted by Crippen LogP contribution is 2.11. The SMILES string of the molecule is CC(C)C(NC(=O)CCOc1ccc(F)cc1)C(=O)O. The van der Waals surface area contributed by atoms with E-state index in [0.717, 1.165) is 0 Å². The minimum absolute atomic E-state index is 0.0356. The lowest BCUT2D eigenvalue weighted by Gasteiger charge is -2.17. The molecular weight excluding hydrogens is 265 g/mol. The van der Waals surface area contributed by atoms with E-state index < -0.39 is 17.9 Å². The van der Waals surface area contributed by atoms with Gasteiger partial charge in [0.05, 0.1) is 13.0 Å². The second-order valence-corrected chi connectivity index (χ2v) is 4.68. The van der Waals surface area contributed by atoms with Crippen LogP contribution in [-0.2, 0) is 9.59 Å². The van der Waals surface area contributed by atoms with Crippen molar-refractivity contribution in [2.75, 3.05) is 6.61 Å². The number of benzene rings is 1. The average Bonchev–Trinajstić information content (AvgIpc) is 2.37. The fourth-order valence-electron chi connectivity index (χ4n) is 1.55. The summed E-state index contributed by atoms with van der Waals surface area (Å²) in [6, 6.07) is 4.53. The van der Waals surface area contributed by atoms with Gasteiger partial charge in [0.25, 0.3) is 0 Å². The topological polar surface area (TPSA) is 75.6 Å². The molecule has 0 bridgehead atoms. The smallest absolute Gasteiger partial charge is 0.326 e. The molecule has 20 heavy (non-hydrogen) atoms. The van der Waals surface area contributed by atoms with Crippen LogP contribution in [-0.4, -0.2) is 29.6 Å². The van der Waals surface area contributed by atoms with Crippen molar-refractivity contribution >= 4 is 11.9 Å². The summed E-state index contributed by atoms with van der Waals surface area (Å²) in [5.74, 6) is -1.57. The Bertz CT molecular complexity index is 459. The molecule has 1 unspecified atom stereocenters. The molecule has 1 aromatic carbocycles. The molecule has 0 radical (unpaired) electrons. The third-order valence-electron chi connectivity index (χ3n) is 2.66. The Hall–Kier alpha value is -2.11. The summed E-state index contributed by atoms with van der Waals surface area (Å²) < 4.78 is 17.9. The summed E-state index contributed by atoms with van der Waals surface area (Å²) in [5.41, 5.74) is 0. The Morgan fingerprint density at radius 1 is 1.30 bits per heavy atom. The number of carbonyl (C=O) groups is 2. The zero-order valence-electron chi connectivity index (χ0n) is 11.4. The van der Waals surface area contributed by atoms with Crippen molar-refractivity contribution in [3.05, 3.63) is 30.1 Å². The summed E-state index contributed by atoms with van der Waals surface area (Å²) >= 11 is 0. The predicted molar refractivity (Wildman–Crippen MR) is 70.9 cm³/mol. The molecule has 0 spiro atoms. The van der Waals surface area contributed by atoms with Gasteiger partial charge < -0.3 is 15.2 Å². The number of halogens is 1. The Morgan fingerprint density at radius 3 is 2.40 bits per heavy atom. The molecule has 0 saturated carbocycles. The molecular formula is C14H18FNO4. The lowest BCUT2D eigenvalue weighted by atomic mass is 10.0. The van der Waals surface area contributed by atoms with Crippen LogP contribution in [0.2, 0.25) is 0 Å². The average molecular weight is 283 g/mol. The van der Waals surface area contributed by atoms with E-state index in [4.69, 9.17) is 9.84 Å². The van der Waals surface area contributed by atoms with E-state index in [9.17, 15) is 14.0 Å². The first-order chi connectivity index (χ1) is 9.40. The van der Waals surface area contributed by atoms with Crippen LogP contribution < -0.4 is 10.1 Å². The fourth-order valence-corrected chi connectivity index (χ4v) is 1.55. The Morgan fingerprint density at radius 2 is 1.90 bits per heavy atom. The minimum Gasteiger partial charge on any atom is -0.493 e. The number of nitrogens with one attached hydrogen (secondary N) is 1. The van der Waals surface area contributed by atoms with E-state index in [1.165, 1.54) is 24.3 Å². The molecule has 1 aromatic rings. The number of hydrogen-bond donors (Lipinski definition) is 2. The van der Waals surface area contributed by atoms with E-state index in [0.29, 0.717) is 5.75 Å². The molecule has 5 nitrogen and oxygen atoms in total. The van der Waals surface area contributed by atoms with Crippen molar-refractivity contribution < 1.29 is 23.8 Å². The van der Waals surface area contributed by atoms with Crippen LogP contribution in [0.5, 0.6) is 5.75 Å². The Balaban J connectivity index is 2.36. The first-order valence-corrected chi connectivity index (χ1v) is 6.30. The van der Waals surface area contributed by atoms with E-state index in [2.05, 4.69) is 5.32 Å². The van der Waals surface area contributed by atoms with E-state index in [1.807, 2.05) is 0 Å². The molecule has 0 aliphatic carbocycles. The third kappa shape index (κ3) is 5.26. The van der Waals surface area contributed by atoms with Crippen LogP contribution in [0.1, 0.15) is 20.3 Å². The number of carboxylic acids is 1. The largest absolute Gasteiger partial charge is 0.493 e. The number of rotatable bonds is 7. The first kappa shape index (κ1) is 15.9. The maximum absolute atomic E-state index is 12.7. The predicted octanol–water partition coefficient (Wildman–Crippen LogP) is 1.82. The summed E-state index contributed by atoms with van der Waals surface area (Å²) in [6.45, 7) is 3.53. The number of carboxylic acid groups (broad SMARTS) is 1. The maximum atomic E-state index is 12.7. The second kappa shape index (κ2) is 7.47. The number of carbonyl (C=O) groups excluding carboxylic acids is 1. The number of aliphatic carboxylic acids is 1. The van der Waals surface area contributed by atoms with Gasteiger partial charge in [-0.2, -0.15) is 0 Å². The normalized spacial score (nSPS) is 12.0. The molecule has 0 aliphatic heterocycles. The lowest BCUT2D eigenvalue weighted by molar-refractivity contribution is -0.143. The van der Waals surface area contributed by atoms with Crippen molar-refractivity contribution in [3.8, 4) is 5.75 Å². The zero-order valence-corrected chi connectivity index (χ0v) is 11.4. The highest BCUT2D eigenvalue weighted by molar-refractivity contribution is 5.83. The van der Waals surface area contributed by atoms with Gasteiger partial charge in [0.15, 0.2) is 0 Å². The molecule has 6 heteroatoms. The van der Waals surface area contributed by atoms with Gasteiger partial charge in [-0.05, 0) is 30.2 Å². The van der Waals surface area contributed by atoms with Crippen LogP contribution in [0.4, 0.5) is 4.39 Å². The summed E-state index contributed by atoms with van der Waals surface area (Å²) in [4.78, 5) is 22.5. The monoisotopic (exact) mass is 283 g/mol. The van der Waals surface area contributed by atoms with Crippen molar-refractivity contribution in [1.29, 1.82) is 0 Å². The number of amides is 1. The molecule has 0 heterocycles. The van der Waals surface area contributed by atoms with Gasteiger partial charge in [0.2, 0.25) is 5.91 Å². The van der Waals surface area contributed by atoms with Crippen LogP contribution >= 0.6 is 0 Å². The van der Waals surface area contributed by atoms with E-state index >= 15 is 0 Å². The Kier molecular flexibility index (Phi) is 5.96. The van der Waals surface area contributed by atoms with Gasteiger partial charge >= 0.3 is 5.97 Å². The second-order valence-electron chi connectivity index (χ2n) is 4.68. The van der Waals surface area contributed by atoms with Gasteiger partial charge in [-0.15, -0.1) is 0 Å². The van der Waals surface area contributed by atoms with Gasteiger partial charge in [-0.1, -0.05) is 13.8 Å². The molecule has 1 amide bonds. The molecule has 0 fully saturated rings. The highest BCUT2D eigenvalue weighted by Gasteiger charge is 2.23. The molecule has 0 saturated heterocycles. The molecule has 0 aromatic heterocycles. The zero-order chi connectivity index (χ0) is 15.1. The molecule has 1 atom stereocenters. The molecule has 0 aliphatic rings. The van der Waals surface area contributed by atoms with Crippen molar-refractivity contribution in [1.82, 2.24) is 5.32 Å². The van der Waals surface area contributed by atoms with Crippen molar-refractivity contribution in [2.45, 2.75) is 26.3 Å². The van der Waals surface area contributed by atoms with Gasteiger partial charge in [-0.25, -0.2) is 9.18 Å².